The smallest absolute Gasteiger partial charge is 0.316 e. The number of halogens is 2. The minimum absolute atomic E-state index is 0.590. The molecule has 18 heavy (non-hydrogen) atoms. The number of nitrogens with two attached hydrogens (primary N) is 1. The Hall–Kier alpha value is -1.71. The van der Waals surface area contributed by atoms with Crippen LogP contribution in [0.1, 0.15) is 0 Å². The van der Waals surface area contributed by atoms with E-state index in [2.05, 4.69) is 5.32 Å². The molecule has 0 heterocycles. The summed E-state index contributed by atoms with van der Waals surface area (Å²) in [4.78, 5) is 10.8. The summed E-state index contributed by atoms with van der Waals surface area (Å²) in [6.07, 6.45) is 0. The highest BCUT2D eigenvalue weighted by molar-refractivity contribution is 6.33. The van der Waals surface area contributed by atoms with E-state index in [0.29, 0.717) is 15.7 Å². The number of amides is 2. The highest BCUT2D eigenvalue weighted by Gasteiger charge is 2.06. The summed E-state index contributed by atoms with van der Waals surface area (Å²) in [7, 11) is 0. The van der Waals surface area contributed by atoms with Crippen molar-refractivity contribution in [3.63, 3.8) is 0 Å². The second kappa shape index (κ2) is 5.29. The number of carbonyl (C=O) groups is 1. The van der Waals surface area contributed by atoms with E-state index in [1.807, 2.05) is 12.1 Å². The van der Waals surface area contributed by atoms with E-state index in [1.165, 1.54) is 0 Å². The summed E-state index contributed by atoms with van der Waals surface area (Å²) >= 11 is 12.0. The summed E-state index contributed by atoms with van der Waals surface area (Å²) in [6, 6.07) is 11.8. The molecular weight excluding hydrogens is 271 g/mol. The summed E-state index contributed by atoms with van der Waals surface area (Å²) in [6.45, 7) is 0. The van der Waals surface area contributed by atoms with Gasteiger partial charge in [0.1, 0.15) is 0 Å². The van der Waals surface area contributed by atoms with Gasteiger partial charge in [0.15, 0.2) is 0 Å². The van der Waals surface area contributed by atoms with Gasteiger partial charge in [0.25, 0.3) is 0 Å². The molecule has 0 aromatic heterocycles. The van der Waals surface area contributed by atoms with Gasteiger partial charge in [-0.05, 0) is 35.9 Å². The van der Waals surface area contributed by atoms with Crippen LogP contribution in [0.3, 0.4) is 0 Å². The van der Waals surface area contributed by atoms with Crippen LogP contribution in [0.4, 0.5) is 10.5 Å². The number of nitrogens with one attached hydrogen (secondary N) is 1. The van der Waals surface area contributed by atoms with Crippen molar-refractivity contribution in [2.75, 3.05) is 5.32 Å². The Morgan fingerprint density at radius 3 is 2.33 bits per heavy atom. The van der Waals surface area contributed by atoms with Gasteiger partial charge in [-0.2, -0.15) is 0 Å². The van der Waals surface area contributed by atoms with Crippen molar-refractivity contribution in [2.24, 2.45) is 5.73 Å². The second-order valence-corrected chi connectivity index (χ2v) is 4.53. The molecule has 92 valence electrons. The van der Waals surface area contributed by atoms with Crippen molar-refractivity contribution in [1.82, 2.24) is 0 Å². The molecule has 0 fully saturated rings. The zero-order chi connectivity index (χ0) is 13.1. The van der Waals surface area contributed by atoms with E-state index in [1.54, 1.807) is 30.3 Å². The first-order chi connectivity index (χ1) is 8.56. The third kappa shape index (κ3) is 2.94. The second-order valence-electron chi connectivity index (χ2n) is 3.69. The molecule has 5 heteroatoms. The molecule has 0 spiro atoms. The SMILES string of the molecule is NC(=O)Nc1ccc(Cl)c(-c2ccc(Cl)cc2)c1. The zero-order valence-corrected chi connectivity index (χ0v) is 10.8. The van der Waals surface area contributed by atoms with Gasteiger partial charge in [-0.1, -0.05) is 35.3 Å². The molecule has 0 aliphatic rings. The van der Waals surface area contributed by atoms with E-state index in [-0.39, 0.29) is 0 Å². The van der Waals surface area contributed by atoms with Gasteiger partial charge in [0.2, 0.25) is 0 Å². The molecule has 0 bridgehead atoms. The average Bonchev–Trinajstić information content (AvgIpc) is 2.32. The normalized spacial score (nSPS) is 10.1. The summed E-state index contributed by atoms with van der Waals surface area (Å²) < 4.78 is 0. The summed E-state index contributed by atoms with van der Waals surface area (Å²) in [5.41, 5.74) is 7.38. The van der Waals surface area contributed by atoms with Gasteiger partial charge in [0, 0.05) is 21.3 Å². The monoisotopic (exact) mass is 280 g/mol. The maximum atomic E-state index is 10.8. The Bertz CT molecular complexity index is 582. The molecule has 0 aliphatic heterocycles. The van der Waals surface area contributed by atoms with Crippen LogP contribution in [0.25, 0.3) is 11.1 Å². The van der Waals surface area contributed by atoms with Crippen molar-refractivity contribution in [3.8, 4) is 11.1 Å². The molecular formula is C13H10Cl2N2O. The van der Waals surface area contributed by atoms with Gasteiger partial charge in [-0.15, -0.1) is 0 Å². The number of primary amides is 1. The van der Waals surface area contributed by atoms with Crippen LogP contribution in [0.5, 0.6) is 0 Å². The van der Waals surface area contributed by atoms with Crippen LogP contribution in [-0.2, 0) is 0 Å². The average molecular weight is 281 g/mol. The lowest BCUT2D eigenvalue weighted by Gasteiger charge is -2.08. The van der Waals surface area contributed by atoms with Crippen LogP contribution in [0, 0.1) is 0 Å². The maximum Gasteiger partial charge on any atom is 0.316 e. The van der Waals surface area contributed by atoms with Crippen LogP contribution in [-0.4, -0.2) is 6.03 Å². The standard InChI is InChI=1S/C13H10Cl2N2O/c14-9-3-1-8(2-4-9)11-7-10(17-13(16)18)5-6-12(11)15/h1-7H,(H3,16,17,18). The number of anilines is 1. The lowest BCUT2D eigenvalue weighted by atomic mass is 10.1. The maximum absolute atomic E-state index is 10.8. The van der Waals surface area contributed by atoms with Gasteiger partial charge in [-0.25, -0.2) is 4.79 Å². The molecule has 3 N–H and O–H groups in total. The number of urea groups is 1. The van der Waals surface area contributed by atoms with Crippen molar-refractivity contribution in [3.05, 3.63) is 52.5 Å². The Balaban J connectivity index is 2.42. The van der Waals surface area contributed by atoms with E-state index >= 15 is 0 Å². The molecule has 2 amide bonds. The molecule has 0 saturated carbocycles. The van der Waals surface area contributed by atoms with Crippen LogP contribution < -0.4 is 11.1 Å². The number of carbonyl (C=O) groups excluding carboxylic acids is 1. The highest BCUT2D eigenvalue weighted by atomic mass is 35.5. The van der Waals surface area contributed by atoms with E-state index in [4.69, 9.17) is 28.9 Å². The van der Waals surface area contributed by atoms with Crippen LogP contribution in [0.2, 0.25) is 10.0 Å². The van der Waals surface area contributed by atoms with Gasteiger partial charge < -0.3 is 11.1 Å². The third-order valence-corrected chi connectivity index (χ3v) is 2.97. The predicted octanol–water partition coefficient (Wildman–Crippen LogP) is 4.15. The van der Waals surface area contributed by atoms with Crippen molar-refractivity contribution in [1.29, 1.82) is 0 Å². The van der Waals surface area contributed by atoms with Crippen LogP contribution in [0.15, 0.2) is 42.5 Å². The molecule has 3 nitrogen and oxygen atoms in total. The first-order valence-corrected chi connectivity index (χ1v) is 5.94. The van der Waals surface area contributed by atoms with Crippen molar-refractivity contribution >= 4 is 34.9 Å². The van der Waals surface area contributed by atoms with Crippen molar-refractivity contribution < 1.29 is 4.79 Å². The van der Waals surface area contributed by atoms with Crippen molar-refractivity contribution in [2.45, 2.75) is 0 Å². The predicted molar refractivity (Wildman–Crippen MR) is 75.1 cm³/mol. The largest absolute Gasteiger partial charge is 0.351 e. The first-order valence-electron chi connectivity index (χ1n) is 5.18. The zero-order valence-electron chi connectivity index (χ0n) is 9.28. The molecule has 2 aromatic rings. The lowest BCUT2D eigenvalue weighted by Crippen LogP contribution is -2.19. The Morgan fingerprint density at radius 2 is 1.72 bits per heavy atom. The fourth-order valence-electron chi connectivity index (χ4n) is 1.60. The lowest BCUT2D eigenvalue weighted by molar-refractivity contribution is 0.259. The van der Waals surface area contributed by atoms with E-state index in [9.17, 15) is 4.79 Å². The minimum Gasteiger partial charge on any atom is -0.351 e. The topological polar surface area (TPSA) is 55.1 Å². The highest BCUT2D eigenvalue weighted by Crippen LogP contribution is 2.31. The molecule has 0 saturated heterocycles. The number of benzene rings is 2. The minimum atomic E-state index is -0.612. The third-order valence-electron chi connectivity index (χ3n) is 2.39. The van der Waals surface area contributed by atoms with Gasteiger partial charge >= 0.3 is 6.03 Å². The van der Waals surface area contributed by atoms with Gasteiger partial charge in [-0.3, -0.25) is 0 Å². The Morgan fingerprint density at radius 1 is 1.06 bits per heavy atom. The van der Waals surface area contributed by atoms with E-state index in [0.717, 1.165) is 11.1 Å². The van der Waals surface area contributed by atoms with Gasteiger partial charge in [0.05, 0.1) is 0 Å². The Kier molecular flexibility index (Phi) is 3.75. The molecule has 0 aliphatic carbocycles. The number of hydrogen-bond acceptors (Lipinski definition) is 1. The Labute approximate surface area is 115 Å². The molecule has 2 rings (SSSR count). The fraction of sp³-hybridized carbons (Fsp3) is 0. The quantitative estimate of drug-likeness (QED) is 0.853. The van der Waals surface area contributed by atoms with E-state index < -0.39 is 6.03 Å². The fourth-order valence-corrected chi connectivity index (χ4v) is 1.95. The number of rotatable bonds is 2. The first kappa shape index (κ1) is 12.7. The summed E-state index contributed by atoms with van der Waals surface area (Å²) in [5.74, 6) is 0. The molecule has 0 unspecified atom stereocenters. The summed E-state index contributed by atoms with van der Waals surface area (Å²) in [5, 5.41) is 3.75. The molecule has 0 atom stereocenters. The van der Waals surface area contributed by atoms with Crippen LogP contribution >= 0.6 is 23.2 Å². The molecule has 0 radical (unpaired) electrons. The molecule has 2 aromatic carbocycles. The number of hydrogen-bond donors (Lipinski definition) is 2.